The highest BCUT2D eigenvalue weighted by molar-refractivity contribution is 5.74. The van der Waals surface area contributed by atoms with E-state index < -0.39 is 13.7 Å². The van der Waals surface area contributed by atoms with E-state index in [1.807, 2.05) is 63.6 Å². The third kappa shape index (κ3) is 3.82. The summed E-state index contributed by atoms with van der Waals surface area (Å²) in [5, 5.41) is 0. The van der Waals surface area contributed by atoms with E-state index in [2.05, 4.69) is 9.83 Å². The van der Waals surface area contributed by atoms with Gasteiger partial charge in [0.25, 0.3) is 5.82 Å². The van der Waals surface area contributed by atoms with E-state index in [1.165, 1.54) is 6.07 Å². The largest absolute Gasteiger partial charge is 0.361 e. The van der Waals surface area contributed by atoms with Gasteiger partial charge in [-0.05, 0) is 59.6 Å². The van der Waals surface area contributed by atoms with Crippen molar-refractivity contribution < 1.29 is 12.8 Å². The molecule has 0 saturated carbocycles. The molecule has 2 aromatic heterocycles. The Hall–Kier alpha value is -2.99. The summed E-state index contributed by atoms with van der Waals surface area (Å²) in [4.78, 5) is 7.30. The first kappa shape index (κ1) is 13.2. The zero-order valence-corrected chi connectivity index (χ0v) is 16.9. The number of aryl methyl sites for hydroxylation is 4. The molecule has 0 aliphatic rings. The van der Waals surface area contributed by atoms with Gasteiger partial charge in [-0.25, -0.2) is 4.57 Å². The van der Waals surface area contributed by atoms with Gasteiger partial charge in [-0.1, -0.05) is 39.5 Å². The highest BCUT2D eigenvalue weighted by atomic mass is 14.9. The smallest absolute Gasteiger partial charge is 0.270 e. The number of aromatic nitrogens is 2. The molecule has 142 valence electrons. The van der Waals surface area contributed by atoms with Crippen molar-refractivity contribution in [3.05, 3.63) is 76.4 Å². The van der Waals surface area contributed by atoms with Crippen LogP contribution in [0.3, 0.4) is 0 Å². The average Bonchev–Trinajstić information content (AvgIpc) is 2.71. The van der Waals surface area contributed by atoms with Crippen LogP contribution in [0, 0.1) is 27.2 Å². The second-order valence-electron chi connectivity index (χ2n) is 8.09. The van der Waals surface area contributed by atoms with Crippen LogP contribution in [-0.4, -0.2) is 4.98 Å². The minimum absolute atomic E-state index is 0.0216. The van der Waals surface area contributed by atoms with Crippen molar-refractivity contribution in [3.63, 3.8) is 0 Å². The van der Waals surface area contributed by atoms with E-state index in [0.29, 0.717) is 11.1 Å². The van der Waals surface area contributed by atoms with Crippen LogP contribution in [0.15, 0.2) is 42.6 Å². The van der Waals surface area contributed by atoms with Crippen LogP contribution >= 0.6 is 0 Å². The Morgan fingerprint density at radius 2 is 1.82 bits per heavy atom. The van der Waals surface area contributed by atoms with E-state index in [9.17, 15) is 0 Å². The van der Waals surface area contributed by atoms with Gasteiger partial charge in [-0.2, -0.15) is 0 Å². The van der Waals surface area contributed by atoms with Gasteiger partial charge in [-0.3, -0.25) is 0 Å². The Morgan fingerprint density at radius 1 is 1.04 bits per heavy atom. The Bertz CT molecular complexity index is 1290. The fourth-order valence-corrected chi connectivity index (χ4v) is 3.35. The third-order valence-corrected chi connectivity index (χ3v) is 4.86. The summed E-state index contributed by atoms with van der Waals surface area (Å²) in [5.41, 5.74) is 4.60. The highest BCUT2D eigenvalue weighted by Gasteiger charge is 2.23. The van der Waals surface area contributed by atoms with E-state index in [-0.39, 0.29) is 16.9 Å². The van der Waals surface area contributed by atoms with Crippen LogP contribution in [-0.2, 0) is 12.5 Å². The minimum atomic E-state index is -2.43. The highest BCUT2D eigenvalue weighted by Crippen LogP contribution is 2.32. The Kier molecular flexibility index (Phi) is 3.40. The molecule has 0 aliphatic heterocycles. The summed E-state index contributed by atoms with van der Waals surface area (Å²) in [6, 6.07) is 10.8. The normalized spacial score (nSPS) is 15.4. The minimum Gasteiger partial charge on any atom is -0.361 e. The standard InChI is InChI=1S/C25H28N3/c1-16-9-10-19(20-11-18(3)27-24(13-20)26-7)12-21(16)23-14-22(25(4,5)6)17(2)15-28(23)8/h9-15H,1-6,8H3/q+1/i2D3,3D3. The van der Waals surface area contributed by atoms with Gasteiger partial charge in [0, 0.05) is 32.3 Å². The molecule has 3 rings (SSSR count). The molecule has 3 heteroatoms. The molecule has 2 heterocycles. The Balaban J connectivity index is 2.27. The average molecular weight is 377 g/mol. The fourth-order valence-electron chi connectivity index (χ4n) is 3.35. The first-order valence-corrected chi connectivity index (χ1v) is 9.08. The van der Waals surface area contributed by atoms with E-state index in [0.717, 1.165) is 27.9 Å². The maximum atomic E-state index is 8.01. The van der Waals surface area contributed by atoms with Crippen LogP contribution < -0.4 is 4.57 Å². The summed E-state index contributed by atoms with van der Waals surface area (Å²) >= 11 is 0. The van der Waals surface area contributed by atoms with Crippen molar-refractivity contribution in [3.8, 4) is 22.4 Å². The van der Waals surface area contributed by atoms with Gasteiger partial charge in [0.05, 0.1) is 0 Å². The first-order valence-electron chi connectivity index (χ1n) is 12.1. The lowest BCUT2D eigenvalue weighted by atomic mass is 9.83. The molecule has 0 atom stereocenters. The van der Waals surface area contributed by atoms with Crippen molar-refractivity contribution in [2.24, 2.45) is 7.05 Å². The molecule has 0 fully saturated rings. The van der Waals surface area contributed by atoms with Gasteiger partial charge in [0.1, 0.15) is 12.7 Å². The fraction of sp³-hybridized carbons (Fsp3) is 0.320. The molecular weight excluding hydrogens is 342 g/mol. The van der Waals surface area contributed by atoms with Crippen LogP contribution in [0.25, 0.3) is 27.2 Å². The van der Waals surface area contributed by atoms with E-state index in [4.69, 9.17) is 14.8 Å². The molecule has 0 aliphatic carbocycles. The monoisotopic (exact) mass is 376 g/mol. The zero-order chi connectivity index (χ0) is 25.6. The second-order valence-corrected chi connectivity index (χ2v) is 8.09. The molecule has 1 aromatic carbocycles. The molecule has 0 N–H and O–H groups in total. The van der Waals surface area contributed by atoms with Crippen molar-refractivity contribution >= 4 is 5.82 Å². The molecule has 3 nitrogen and oxygen atoms in total. The van der Waals surface area contributed by atoms with Gasteiger partial charge < -0.3 is 4.85 Å². The van der Waals surface area contributed by atoms with Crippen LogP contribution in [0.2, 0.25) is 0 Å². The Morgan fingerprint density at radius 3 is 2.46 bits per heavy atom. The molecule has 28 heavy (non-hydrogen) atoms. The number of benzene rings is 1. The van der Waals surface area contributed by atoms with Crippen molar-refractivity contribution in [1.29, 1.82) is 0 Å². The lowest BCUT2D eigenvalue weighted by Crippen LogP contribution is -2.33. The summed E-state index contributed by atoms with van der Waals surface area (Å²) in [6.45, 7) is 10.6. The predicted molar refractivity (Wildman–Crippen MR) is 115 cm³/mol. The number of hydrogen-bond acceptors (Lipinski definition) is 1. The van der Waals surface area contributed by atoms with Crippen molar-refractivity contribution in [2.75, 3.05) is 0 Å². The topological polar surface area (TPSA) is 21.1 Å². The first-order chi connectivity index (χ1) is 15.5. The molecule has 3 aromatic rings. The quantitative estimate of drug-likeness (QED) is 0.396. The molecule has 0 unspecified atom stereocenters. The molecule has 0 bridgehead atoms. The summed E-state index contributed by atoms with van der Waals surface area (Å²) in [7, 11) is 1.82. The number of nitrogens with zero attached hydrogens (tertiary/aromatic N) is 3. The Labute approximate surface area is 177 Å². The number of hydrogen-bond donors (Lipinski definition) is 0. The molecule has 0 radical (unpaired) electrons. The number of pyridine rings is 2. The van der Waals surface area contributed by atoms with Crippen molar-refractivity contribution in [2.45, 2.75) is 46.8 Å². The van der Waals surface area contributed by atoms with Gasteiger partial charge in [0.15, 0.2) is 6.20 Å². The molecule has 0 spiro atoms. The van der Waals surface area contributed by atoms with E-state index in [1.54, 1.807) is 12.3 Å². The molecule has 0 amide bonds. The predicted octanol–water partition coefficient (Wildman–Crippen LogP) is 6.01. The molecule has 0 saturated heterocycles. The summed E-state index contributed by atoms with van der Waals surface area (Å²) < 4.78 is 49.0. The maximum absolute atomic E-state index is 8.01. The van der Waals surface area contributed by atoms with Gasteiger partial charge in [-0.15, -0.1) is 4.98 Å². The summed E-state index contributed by atoms with van der Waals surface area (Å²) in [6.07, 6.45) is 1.67. The third-order valence-electron chi connectivity index (χ3n) is 4.86. The number of rotatable bonds is 2. The second kappa shape index (κ2) is 7.20. The summed E-state index contributed by atoms with van der Waals surface area (Å²) in [5.74, 6) is 0.0216. The SMILES string of the molecule is [2H]C([2H])([2H])c1cc(-c2ccc(C)c(-c3cc(C(C)(C)C)c(C([2H])([2H])[2H])c[n+]3C)c2)cc([N+]#[C-])n1. The van der Waals surface area contributed by atoms with Crippen LogP contribution in [0.5, 0.6) is 0 Å². The van der Waals surface area contributed by atoms with Gasteiger partial charge >= 0.3 is 0 Å². The lowest BCUT2D eigenvalue weighted by Gasteiger charge is -2.21. The lowest BCUT2D eigenvalue weighted by molar-refractivity contribution is -0.660. The van der Waals surface area contributed by atoms with Crippen LogP contribution in [0.4, 0.5) is 5.82 Å². The van der Waals surface area contributed by atoms with Gasteiger partial charge in [0.2, 0.25) is 5.69 Å². The maximum Gasteiger partial charge on any atom is 0.270 e. The molecular formula is C25H28N3+. The van der Waals surface area contributed by atoms with E-state index >= 15 is 0 Å². The zero-order valence-electron chi connectivity index (χ0n) is 22.9. The van der Waals surface area contributed by atoms with Crippen molar-refractivity contribution in [1.82, 2.24) is 4.98 Å². The van der Waals surface area contributed by atoms with Crippen LogP contribution in [0.1, 0.15) is 51.4 Å².